The molecular weight excluding hydrogens is 188 g/mol. The second kappa shape index (κ2) is 5.50. The van der Waals surface area contributed by atoms with Gasteiger partial charge in [-0.25, -0.2) is 0 Å². The van der Waals surface area contributed by atoms with Crippen molar-refractivity contribution in [2.75, 3.05) is 6.54 Å². The van der Waals surface area contributed by atoms with Crippen LogP contribution in [0.4, 0.5) is 0 Å². The van der Waals surface area contributed by atoms with E-state index in [2.05, 4.69) is 12.2 Å². The summed E-state index contributed by atoms with van der Waals surface area (Å²) >= 11 is 0. The van der Waals surface area contributed by atoms with E-state index in [0.717, 1.165) is 25.8 Å². The molecule has 1 rings (SSSR count). The fourth-order valence-corrected chi connectivity index (χ4v) is 2.18. The fraction of sp³-hybridized carbons (Fsp3) is 0.917. The summed E-state index contributed by atoms with van der Waals surface area (Å²) in [4.78, 5) is 11.6. The minimum Gasteiger partial charge on any atom is -0.354 e. The molecule has 0 heterocycles. The first-order valence-electron chi connectivity index (χ1n) is 6.17. The molecule has 1 unspecified atom stereocenters. The molecule has 1 fully saturated rings. The largest absolute Gasteiger partial charge is 0.354 e. The monoisotopic (exact) mass is 212 g/mol. The van der Waals surface area contributed by atoms with Crippen molar-refractivity contribution < 1.29 is 4.79 Å². The lowest BCUT2D eigenvalue weighted by atomic mass is 9.67. The maximum Gasteiger partial charge on any atom is 0.236 e. The molecule has 0 bridgehead atoms. The van der Waals surface area contributed by atoms with E-state index in [4.69, 9.17) is 5.73 Å². The minimum absolute atomic E-state index is 0.0246. The molecule has 0 spiro atoms. The van der Waals surface area contributed by atoms with E-state index in [0.29, 0.717) is 5.41 Å². The maximum atomic E-state index is 11.6. The number of carbonyl (C=O) groups excluding carboxylic acids is 1. The molecule has 1 amide bonds. The summed E-state index contributed by atoms with van der Waals surface area (Å²) in [6.07, 6.45) is 6.74. The van der Waals surface area contributed by atoms with Crippen LogP contribution in [0.1, 0.15) is 52.4 Å². The van der Waals surface area contributed by atoms with Crippen molar-refractivity contribution in [1.82, 2.24) is 5.32 Å². The topological polar surface area (TPSA) is 55.1 Å². The summed E-state index contributed by atoms with van der Waals surface area (Å²) in [5.74, 6) is 0.0246. The number of carbonyl (C=O) groups is 1. The Morgan fingerprint density at radius 2 is 2.13 bits per heavy atom. The van der Waals surface area contributed by atoms with Crippen LogP contribution in [0.5, 0.6) is 0 Å². The van der Waals surface area contributed by atoms with Gasteiger partial charge in [-0.1, -0.05) is 26.7 Å². The quantitative estimate of drug-likeness (QED) is 0.705. The third-order valence-corrected chi connectivity index (χ3v) is 3.74. The lowest BCUT2D eigenvalue weighted by Crippen LogP contribution is -2.47. The van der Waals surface area contributed by atoms with Gasteiger partial charge in [-0.05, 0) is 31.1 Å². The second-order valence-electron chi connectivity index (χ2n) is 4.82. The molecule has 88 valence electrons. The zero-order chi connectivity index (χ0) is 11.3. The predicted molar refractivity (Wildman–Crippen MR) is 62.5 cm³/mol. The van der Waals surface area contributed by atoms with Gasteiger partial charge < -0.3 is 11.1 Å². The van der Waals surface area contributed by atoms with E-state index in [1.807, 2.05) is 6.92 Å². The first-order valence-corrected chi connectivity index (χ1v) is 6.17. The molecule has 1 atom stereocenters. The highest BCUT2D eigenvalue weighted by atomic mass is 16.2. The van der Waals surface area contributed by atoms with E-state index >= 15 is 0 Å². The Bertz CT molecular complexity index is 206. The van der Waals surface area contributed by atoms with Crippen LogP contribution in [0.3, 0.4) is 0 Å². The van der Waals surface area contributed by atoms with Crippen LogP contribution in [0.15, 0.2) is 0 Å². The van der Waals surface area contributed by atoms with Crippen LogP contribution in [0.2, 0.25) is 0 Å². The lowest BCUT2D eigenvalue weighted by Gasteiger charge is -2.41. The zero-order valence-electron chi connectivity index (χ0n) is 10.0. The molecule has 0 radical (unpaired) electrons. The van der Waals surface area contributed by atoms with Gasteiger partial charge in [-0.15, -0.1) is 0 Å². The van der Waals surface area contributed by atoms with Gasteiger partial charge in [0.1, 0.15) is 0 Å². The number of amides is 1. The standard InChI is InChI=1S/C12H24N2O/c1-3-6-10(13)11(15)14-9-12(4-2)7-5-8-12/h10H,3-9,13H2,1-2H3,(H,14,15). The van der Waals surface area contributed by atoms with Gasteiger partial charge in [0.15, 0.2) is 0 Å². The molecule has 0 aliphatic heterocycles. The van der Waals surface area contributed by atoms with Gasteiger partial charge in [-0.2, -0.15) is 0 Å². The average molecular weight is 212 g/mol. The summed E-state index contributed by atoms with van der Waals surface area (Å²) < 4.78 is 0. The number of hydrogen-bond acceptors (Lipinski definition) is 2. The number of nitrogens with one attached hydrogen (secondary N) is 1. The van der Waals surface area contributed by atoms with Crippen LogP contribution < -0.4 is 11.1 Å². The molecule has 0 aromatic carbocycles. The number of rotatable bonds is 6. The third kappa shape index (κ3) is 3.20. The van der Waals surface area contributed by atoms with Gasteiger partial charge in [0.05, 0.1) is 6.04 Å². The van der Waals surface area contributed by atoms with E-state index < -0.39 is 0 Å². The predicted octanol–water partition coefficient (Wildman–Crippen LogP) is 1.81. The summed E-state index contributed by atoms with van der Waals surface area (Å²) in [6.45, 7) is 5.07. The van der Waals surface area contributed by atoms with Gasteiger partial charge >= 0.3 is 0 Å². The summed E-state index contributed by atoms with van der Waals surface area (Å²) in [5, 5.41) is 3.00. The molecule has 0 aromatic heterocycles. The van der Waals surface area contributed by atoms with Crippen molar-refractivity contribution >= 4 is 5.91 Å². The van der Waals surface area contributed by atoms with E-state index in [9.17, 15) is 4.79 Å². The second-order valence-corrected chi connectivity index (χ2v) is 4.82. The van der Waals surface area contributed by atoms with Crippen molar-refractivity contribution in [3.05, 3.63) is 0 Å². The Labute approximate surface area is 92.8 Å². The first kappa shape index (κ1) is 12.5. The summed E-state index contributed by atoms with van der Waals surface area (Å²) in [5.41, 5.74) is 6.14. The van der Waals surface area contributed by atoms with Crippen LogP contribution >= 0.6 is 0 Å². The van der Waals surface area contributed by atoms with Crippen LogP contribution in [-0.2, 0) is 4.79 Å². The van der Waals surface area contributed by atoms with Crippen molar-refractivity contribution in [3.8, 4) is 0 Å². The molecule has 1 saturated carbocycles. The van der Waals surface area contributed by atoms with E-state index in [1.165, 1.54) is 19.3 Å². The minimum atomic E-state index is -0.316. The Hall–Kier alpha value is -0.570. The molecule has 3 nitrogen and oxygen atoms in total. The average Bonchev–Trinajstić information content (AvgIpc) is 2.17. The van der Waals surface area contributed by atoms with Gasteiger partial charge in [-0.3, -0.25) is 4.79 Å². The number of hydrogen-bond donors (Lipinski definition) is 2. The summed E-state index contributed by atoms with van der Waals surface area (Å²) in [7, 11) is 0. The van der Waals surface area contributed by atoms with Crippen LogP contribution in [-0.4, -0.2) is 18.5 Å². The highest BCUT2D eigenvalue weighted by Crippen LogP contribution is 2.42. The van der Waals surface area contributed by atoms with Gasteiger partial charge in [0, 0.05) is 6.54 Å². The highest BCUT2D eigenvalue weighted by molar-refractivity contribution is 5.81. The number of nitrogens with two attached hydrogens (primary N) is 1. The SMILES string of the molecule is CCCC(N)C(=O)NCC1(CC)CCC1. The van der Waals surface area contributed by atoms with Gasteiger partial charge in [0.25, 0.3) is 0 Å². The Morgan fingerprint density at radius 1 is 1.47 bits per heavy atom. The molecule has 15 heavy (non-hydrogen) atoms. The Balaban J connectivity index is 2.26. The zero-order valence-corrected chi connectivity index (χ0v) is 10.0. The van der Waals surface area contributed by atoms with Crippen molar-refractivity contribution in [2.24, 2.45) is 11.1 Å². The molecule has 0 aromatic rings. The molecule has 1 aliphatic carbocycles. The van der Waals surface area contributed by atoms with Crippen molar-refractivity contribution in [3.63, 3.8) is 0 Å². The molecule has 1 aliphatic rings. The Kier molecular flexibility index (Phi) is 4.58. The molecular formula is C12H24N2O. The maximum absolute atomic E-state index is 11.6. The van der Waals surface area contributed by atoms with Crippen LogP contribution in [0, 0.1) is 5.41 Å². The van der Waals surface area contributed by atoms with Gasteiger partial charge in [0.2, 0.25) is 5.91 Å². The lowest BCUT2D eigenvalue weighted by molar-refractivity contribution is -0.123. The highest BCUT2D eigenvalue weighted by Gasteiger charge is 2.35. The molecule has 0 saturated heterocycles. The normalized spacial score (nSPS) is 20.5. The van der Waals surface area contributed by atoms with Crippen molar-refractivity contribution in [2.45, 2.75) is 58.4 Å². The fourth-order valence-electron chi connectivity index (χ4n) is 2.18. The van der Waals surface area contributed by atoms with E-state index in [-0.39, 0.29) is 11.9 Å². The molecule has 3 heteroatoms. The molecule has 3 N–H and O–H groups in total. The summed E-state index contributed by atoms with van der Waals surface area (Å²) in [6, 6.07) is -0.316. The van der Waals surface area contributed by atoms with E-state index in [1.54, 1.807) is 0 Å². The van der Waals surface area contributed by atoms with Crippen molar-refractivity contribution in [1.29, 1.82) is 0 Å². The third-order valence-electron chi connectivity index (χ3n) is 3.74. The van der Waals surface area contributed by atoms with Crippen LogP contribution in [0.25, 0.3) is 0 Å². The smallest absolute Gasteiger partial charge is 0.236 e. The Morgan fingerprint density at radius 3 is 2.53 bits per heavy atom. The first-order chi connectivity index (χ1) is 7.13.